The van der Waals surface area contributed by atoms with Crippen LogP contribution in [0.5, 0.6) is 0 Å². The van der Waals surface area contributed by atoms with Crippen molar-refractivity contribution in [3.8, 4) is 0 Å². The van der Waals surface area contributed by atoms with Gasteiger partial charge in [0.25, 0.3) is 0 Å². The molecule has 0 rings (SSSR count). The Morgan fingerprint density at radius 1 is 1.50 bits per heavy atom. The molecular weight excluding hydrogens is 116 g/mol. The molecule has 8 heavy (non-hydrogen) atoms. The first-order valence-electron chi connectivity index (χ1n) is 2.28. The second-order valence-corrected chi connectivity index (χ2v) is 1.57. The minimum Gasteiger partial charge on any atom is -0.144 e. The number of hydrogen-bond acceptors (Lipinski definition) is 1. The summed E-state index contributed by atoms with van der Waals surface area (Å²) in [5.74, 6) is 0. The molecule has 0 radical (unpaired) electrons. The molecule has 0 amide bonds. The molecule has 0 nitrogen and oxygen atoms in total. The lowest BCUT2D eigenvalue weighted by Crippen LogP contribution is -1.48. The maximum atomic E-state index is 3.90. The summed E-state index contributed by atoms with van der Waals surface area (Å²) >= 11 is 3.90. The third-order valence-corrected chi connectivity index (χ3v) is 0.508. The van der Waals surface area contributed by atoms with Gasteiger partial charge in [-0.15, -0.1) is 25.8 Å². The molecule has 0 saturated carbocycles. The fraction of sp³-hybridized carbons (Fsp3) is 0.143. The van der Waals surface area contributed by atoms with E-state index in [9.17, 15) is 0 Å². The molecule has 0 aromatic heterocycles. The molecule has 0 aromatic rings. The highest BCUT2D eigenvalue weighted by molar-refractivity contribution is 7.84. The average Bonchev–Trinajstić information content (AvgIpc) is 1.72. The third-order valence-electron chi connectivity index (χ3n) is 0.359. The van der Waals surface area contributed by atoms with E-state index in [1.54, 1.807) is 0 Å². The van der Waals surface area contributed by atoms with Crippen LogP contribution >= 0.6 is 12.6 Å². The van der Waals surface area contributed by atoms with E-state index < -0.39 is 0 Å². The summed E-state index contributed by atoms with van der Waals surface area (Å²) in [7, 11) is 0. The van der Waals surface area contributed by atoms with Gasteiger partial charge < -0.3 is 0 Å². The van der Waals surface area contributed by atoms with Crippen LogP contribution in [0, 0.1) is 0 Å². The van der Waals surface area contributed by atoms with Crippen LogP contribution in [0.3, 0.4) is 0 Å². The minimum atomic E-state index is 0.803. The van der Waals surface area contributed by atoms with Gasteiger partial charge in [-0.1, -0.05) is 18.7 Å². The molecule has 0 bridgehead atoms. The lowest BCUT2D eigenvalue weighted by molar-refractivity contribution is 1.73. The van der Waals surface area contributed by atoms with Crippen LogP contribution in [0.4, 0.5) is 0 Å². The van der Waals surface area contributed by atoms with Crippen LogP contribution in [0.25, 0.3) is 0 Å². The van der Waals surface area contributed by atoms with Crippen molar-refractivity contribution in [2.45, 2.75) is 6.92 Å². The smallest absolute Gasteiger partial charge is 0.00353 e. The first-order chi connectivity index (χ1) is 3.77. The van der Waals surface area contributed by atoms with Gasteiger partial charge in [0.05, 0.1) is 0 Å². The van der Waals surface area contributed by atoms with Gasteiger partial charge in [0.1, 0.15) is 0 Å². The lowest BCUT2D eigenvalue weighted by Gasteiger charge is -1.74. The molecule has 0 atom stereocenters. The molecule has 0 unspecified atom stereocenters. The molecule has 0 aromatic carbocycles. The zero-order chi connectivity index (χ0) is 6.99. The average molecular weight is 128 g/mol. The van der Waals surface area contributed by atoms with Crippen LogP contribution in [-0.4, -0.2) is 0 Å². The SMILES string of the molecule is C=C.C=C(S)/C=C\C. The van der Waals surface area contributed by atoms with E-state index in [1.807, 2.05) is 19.1 Å². The molecule has 0 aliphatic carbocycles. The topological polar surface area (TPSA) is 0 Å². The van der Waals surface area contributed by atoms with Crippen LogP contribution in [0.15, 0.2) is 36.8 Å². The first kappa shape index (κ1) is 10.5. The lowest BCUT2D eigenvalue weighted by atomic mass is 10.5. The largest absolute Gasteiger partial charge is 0.144 e. The molecule has 0 fully saturated rings. The van der Waals surface area contributed by atoms with Gasteiger partial charge in [-0.3, -0.25) is 0 Å². The van der Waals surface area contributed by atoms with E-state index in [4.69, 9.17) is 0 Å². The third kappa shape index (κ3) is 17.6. The zero-order valence-electron chi connectivity index (χ0n) is 5.22. The number of allylic oxidation sites excluding steroid dienone is 2. The molecule has 0 aliphatic rings. The summed E-state index contributed by atoms with van der Waals surface area (Å²) in [6.45, 7) is 11.5. The van der Waals surface area contributed by atoms with Crippen molar-refractivity contribution in [1.29, 1.82) is 0 Å². The van der Waals surface area contributed by atoms with Gasteiger partial charge in [0.15, 0.2) is 0 Å². The van der Waals surface area contributed by atoms with Crippen molar-refractivity contribution in [3.05, 3.63) is 36.8 Å². The molecule has 0 heterocycles. The van der Waals surface area contributed by atoms with Crippen LogP contribution in [-0.2, 0) is 0 Å². The van der Waals surface area contributed by atoms with E-state index in [0.29, 0.717) is 0 Å². The summed E-state index contributed by atoms with van der Waals surface area (Å²) in [4.78, 5) is 0.803. The van der Waals surface area contributed by atoms with Crippen molar-refractivity contribution in [1.82, 2.24) is 0 Å². The highest BCUT2D eigenvalue weighted by Crippen LogP contribution is 1.94. The number of rotatable bonds is 1. The standard InChI is InChI=1S/C5H8S.C2H4/c1-3-4-5(2)6;1-2/h3-4,6H,2H2,1H3;1-2H2/b4-3-;. The van der Waals surface area contributed by atoms with Gasteiger partial charge in [0.2, 0.25) is 0 Å². The summed E-state index contributed by atoms with van der Waals surface area (Å²) in [5.41, 5.74) is 0. The molecule has 0 N–H and O–H groups in total. The Balaban J connectivity index is 0. The Kier molecular flexibility index (Phi) is 12.8. The van der Waals surface area contributed by atoms with Crippen molar-refractivity contribution in [2.75, 3.05) is 0 Å². The van der Waals surface area contributed by atoms with Gasteiger partial charge in [-0.05, 0) is 11.8 Å². The van der Waals surface area contributed by atoms with Crippen LogP contribution < -0.4 is 0 Å². The molecule has 46 valence electrons. The Bertz CT molecular complexity index is 82.4. The quantitative estimate of drug-likeness (QED) is 0.313. The molecule has 0 aliphatic heterocycles. The van der Waals surface area contributed by atoms with Gasteiger partial charge in [0, 0.05) is 0 Å². The highest BCUT2D eigenvalue weighted by atomic mass is 32.1. The molecule has 1 heteroatoms. The van der Waals surface area contributed by atoms with Gasteiger partial charge in [-0.25, -0.2) is 0 Å². The van der Waals surface area contributed by atoms with Crippen molar-refractivity contribution in [2.24, 2.45) is 0 Å². The van der Waals surface area contributed by atoms with E-state index in [-0.39, 0.29) is 0 Å². The van der Waals surface area contributed by atoms with Crippen molar-refractivity contribution < 1.29 is 0 Å². The highest BCUT2D eigenvalue weighted by Gasteiger charge is 1.64. The summed E-state index contributed by atoms with van der Waals surface area (Å²) in [6, 6.07) is 0. The fourth-order valence-electron chi connectivity index (χ4n) is 0.192. The van der Waals surface area contributed by atoms with Crippen LogP contribution in [0.1, 0.15) is 6.92 Å². The summed E-state index contributed by atoms with van der Waals surface area (Å²) < 4.78 is 0. The van der Waals surface area contributed by atoms with E-state index >= 15 is 0 Å². The molecular formula is C7H12S. The Hall–Kier alpha value is -0.430. The second kappa shape index (κ2) is 9.76. The van der Waals surface area contributed by atoms with Gasteiger partial charge >= 0.3 is 0 Å². The predicted molar refractivity (Wildman–Crippen MR) is 44.2 cm³/mol. The number of thiol groups is 1. The Labute approximate surface area is 57.0 Å². The normalized spacial score (nSPS) is 7.75. The first-order valence-corrected chi connectivity index (χ1v) is 2.72. The van der Waals surface area contributed by atoms with E-state index in [1.165, 1.54) is 0 Å². The van der Waals surface area contributed by atoms with Crippen molar-refractivity contribution >= 4 is 12.6 Å². The van der Waals surface area contributed by atoms with E-state index in [2.05, 4.69) is 32.4 Å². The minimum absolute atomic E-state index is 0.803. The Morgan fingerprint density at radius 2 is 1.88 bits per heavy atom. The maximum absolute atomic E-state index is 3.90. The number of hydrogen-bond donors (Lipinski definition) is 1. The predicted octanol–water partition coefficient (Wildman–Crippen LogP) is 2.81. The van der Waals surface area contributed by atoms with E-state index in [0.717, 1.165) is 4.91 Å². The van der Waals surface area contributed by atoms with Crippen LogP contribution in [0.2, 0.25) is 0 Å². The summed E-state index contributed by atoms with van der Waals surface area (Å²) in [6.07, 6.45) is 3.73. The maximum Gasteiger partial charge on any atom is -0.00353 e. The molecule has 0 saturated heterocycles. The monoisotopic (exact) mass is 128 g/mol. The second-order valence-electron chi connectivity index (χ2n) is 0.991. The fourth-order valence-corrected chi connectivity index (χ4v) is 0.341. The summed E-state index contributed by atoms with van der Waals surface area (Å²) in [5, 5.41) is 0. The zero-order valence-corrected chi connectivity index (χ0v) is 6.12. The van der Waals surface area contributed by atoms with Crippen molar-refractivity contribution in [3.63, 3.8) is 0 Å². The van der Waals surface area contributed by atoms with Gasteiger partial charge in [-0.2, -0.15) is 0 Å². The Morgan fingerprint density at radius 3 is 1.88 bits per heavy atom. The molecule has 0 spiro atoms.